The summed E-state index contributed by atoms with van der Waals surface area (Å²) in [4.78, 5) is 36.9. The van der Waals surface area contributed by atoms with E-state index in [1.165, 1.54) is 6.08 Å². The van der Waals surface area contributed by atoms with Crippen LogP contribution in [-0.4, -0.2) is 33.0 Å². The van der Waals surface area contributed by atoms with Gasteiger partial charge in [-0.25, -0.2) is 4.79 Å². The van der Waals surface area contributed by atoms with Crippen molar-refractivity contribution in [1.82, 2.24) is 0 Å². The minimum absolute atomic E-state index is 0.286. The van der Waals surface area contributed by atoms with E-state index in [4.69, 9.17) is 19.4 Å². The number of hydrogen-bond acceptors (Lipinski definition) is 2. The van der Waals surface area contributed by atoms with Crippen LogP contribution in [0.2, 0.25) is 0 Å². The van der Waals surface area contributed by atoms with Crippen molar-refractivity contribution in [3.05, 3.63) is 12.2 Å². The quantitative estimate of drug-likeness (QED) is 0.180. The van der Waals surface area contributed by atoms with Crippen molar-refractivity contribution in [1.29, 1.82) is 0 Å². The molecule has 0 unspecified atom stereocenters. The summed E-state index contributed by atoms with van der Waals surface area (Å²) in [6, 6.07) is 0. The highest BCUT2D eigenvalue weighted by Gasteiger charge is 1.99. The summed E-state index contributed by atoms with van der Waals surface area (Å²) in [5, 5.41) is 0. The van der Waals surface area contributed by atoms with Crippen LogP contribution in [0, 0.1) is 0 Å². The minimum Gasteiger partial charge on any atom is -0.463 e. The SMILES string of the molecule is CC=CC(=O)OCCCCC[SH]=P(O)(O)O. The zero-order valence-corrected chi connectivity index (χ0v) is 11.0. The maximum absolute atomic E-state index is 10.9. The van der Waals surface area contributed by atoms with Crippen LogP contribution in [0.4, 0.5) is 0 Å². The van der Waals surface area contributed by atoms with Gasteiger partial charge in [0, 0.05) is 6.08 Å². The van der Waals surface area contributed by atoms with Crippen LogP contribution in [0.5, 0.6) is 0 Å². The molecule has 0 atom stereocenters. The monoisotopic (exact) mass is 270 g/mol. The Hall–Kier alpha value is -0.130. The highest BCUT2D eigenvalue weighted by atomic mass is 32.5. The number of allylic oxidation sites excluding steroid dienone is 1. The number of unbranched alkanes of at least 4 members (excludes halogenated alkanes) is 2. The molecule has 0 radical (unpaired) electrons. The number of carbonyl (C=O) groups excluding carboxylic acids is 1. The van der Waals surface area contributed by atoms with Gasteiger partial charge in [0.1, 0.15) is 0 Å². The Kier molecular flexibility index (Phi) is 8.89. The first-order valence-corrected chi connectivity index (χ1v) is 8.44. The highest BCUT2D eigenvalue weighted by Crippen LogP contribution is 2.31. The van der Waals surface area contributed by atoms with Crippen molar-refractivity contribution in [3.63, 3.8) is 0 Å². The first-order chi connectivity index (χ1) is 7.45. The molecule has 3 N–H and O–H groups in total. The second-order valence-electron chi connectivity index (χ2n) is 3.13. The van der Waals surface area contributed by atoms with Gasteiger partial charge in [-0.3, -0.25) is 0 Å². The third-order valence-corrected chi connectivity index (χ3v) is 4.27. The Bertz CT molecular complexity index is 275. The van der Waals surface area contributed by atoms with Gasteiger partial charge in [-0.1, -0.05) is 6.08 Å². The molecule has 0 aromatic rings. The number of ether oxygens (including phenoxy) is 1. The van der Waals surface area contributed by atoms with Crippen molar-refractivity contribution >= 4 is 23.6 Å². The Morgan fingerprint density at radius 3 is 2.56 bits per heavy atom. The van der Waals surface area contributed by atoms with Crippen molar-refractivity contribution < 1.29 is 24.2 Å². The normalized spacial score (nSPS) is 12.0. The van der Waals surface area contributed by atoms with Crippen LogP contribution in [0.1, 0.15) is 26.2 Å². The predicted octanol–water partition coefficient (Wildman–Crippen LogP) is 0.745. The van der Waals surface area contributed by atoms with Gasteiger partial charge in [0.15, 0.2) is 0 Å². The van der Waals surface area contributed by atoms with Crippen LogP contribution >= 0.6 is 6.72 Å². The molecule has 0 fully saturated rings. The van der Waals surface area contributed by atoms with Gasteiger partial charge < -0.3 is 19.4 Å². The van der Waals surface area contributed by atoms with E-state index in [9.17, 15) is 4.79 Å². The van der Waals surface area contributed by atoms with Crippen molar-refractivity contribution in [2.75, 3.05) is 12.4 Å². The van der Waals surface area contributed by atoms with E-state index in [0.717, 1.165) is 19.3 Å². The molecule has 0 saturated heterocycles. The van der Waals surface area contributed by atoms with Crippen LogP contribution < -0.4 is 0 Å². The summed E-state index contributed by atoms with van der Waals surface area (Å²) >= 11 is 0. The number of carbonyl (C=O) groups is 1. The maximum atomic E-state index is 10.9. The van der Waals surface area contributed by atoms with E-state index < -0.39 is 6.72 Å². The fourth-order valence-corrected chi connectivity index (χ4v) is 2.82. The zero-order valence-electron chi connectivity index (χ0n) is 9.24. The topological polar surface area (TPSA) is 87.0 Å². The summed E-state index contributed by atoms with van der Waals surface area (Å²) in [6.07, 6.45) is 5.32. The number of esters is 1. The Labute approximate surface area is 99.0 Å². The smallest absolute Gasteiger partial charge is 0.330 e. The lowest BCUT2D eigenvalue weighted by molar-refractivity contribution is -0.137. The van der Waals surface area contributed by atoms with Gasteiger partial charge in [0.05, 0.1) is 6.61 Å². The molecular weight excluding hydrogens is 251 g/mol. The third kappa shape index (κ3) is 11.9. The molecule has 0 aromatic heterocycles. The second-order valence-corrected chi connectivity index (χ2v) is 7.39. The summed E-state index contributed by atoms with van der Waals surface area (Å²) in [6.45, 7) is -1.50. The predicted molar refractivity (Wildman–Crippen MR) is 66.8 cm³/mol. The molecule has 0 saturated carbocycles. The van der Waals surface area contributed by atoms with Crippen molar-refractivity contribution in [3.8, 4) is 0 Å². The molecule has 7 heteroatoms. The average molecular weight is 270 g/mol. The van der Waals surface area contributed by atoms with Crippen LogP contribution in [0.3, 0.4) is 0 Å². The maximum Gasteiger partial charge on any atom is 0.330 e. The van der Waals surface area contributed by atoms with E-state index in [1.54, 1.807) is 13.0 Å². The fraction of sp³-hybridized carbons (Fsp3) is 0.667. The van der Waals surface area contributed by atoms with E-state index in [1.807, 2.05) is 0 Å². The van der Waals surface area contributed by atoms with Gasteiger partial charge in [-0.05, 0) is 31.9 Å². The van der Waals surface area contributed by atoms with E-state index >= 15 is 0 Å². The number of thiol groups is 1. The molecule has 0 aromatic carbocycles. The molecule has 0 aliphatic carbocycles. The fourth-order valence-electron chi connectivity index (χ4n) is 0.952. The molecule has 0 aliphatic heterocycles. The highest BCUT2D eigenvalue weighted by molar-refractivity contribution is 8.16. The van der Waals surface area contributed by atoms with Gasteiger partial charge in [0.2, 0.25) is 0 Å². The minimum atomic E-state index is -3.62. The summed E-state index contributed by atoms with van der Waals surface area (Å²) in [5.74, 6) is 0.201. The molecular formula is C9H19O5PS. The van der Waals surface area contributed by atoms with Crippen LogP contribution in [-0.2, 0) is 20.5 Å². The molecule has 0 rings (SSSR count). The Balaban J connectivity index is 3.39. The molecule has 0 heterocycles. The van der Waals surface area contributed by atoms with Gasteiger partial charge >= 0.3 is 5.97 Å². The molecule has 5 nitrogen and oxygen atoms in total. The standard InChI is InChI=1S/C9H19O5PS/c1-2-6-9(10)14-7-4-3-5-8-16-15(11,12)13/h2,6,11-13,16H,3-5,7-8H2,1H3. The summed E-state index contributed by atoms with van der Waals surface area (Å²) < 4.78 is 4.86. The third-order valence-electron chi connectivity index (χ3n) is 1.64. The van der Waals surface area contributed by atoms with Gasteiger partial charge in [-0.15, -0.1) is 10.9 Å². The zero-order chi connectivity index (χ0) is 12.4. The lowest BCUT2D eigenvalue weighted by atomic mass is 10.3. The molecule has 0 amide bonds. The molecule has 0 bridgehead atoms. The second kappa shape index (κ2) is 8.96. The van der Waals surface area contributed by atoms with E-state index in [2.05, 4.69) is 0 Å². The largest absolute Gasteiger partial charge is 0.463 e. The first kappa shape index (κ1) is 15.9. The van der Waals surface area contributed by atoms with Gasteiger partial charge in [0.25, 0.3) is 6.72 Å². The van der Waals surface area contributed by atoms with Crippen molar-refractivity contribution in [2.45, 2.75) is 26.2 Å². The van der Waals surface area contributed by atoms with Crippen LogP contribution in [0.25, 0.3) is 0 Å². The summed E-state index contributed by atoms with van der Waals surface area (Å²) in [7, 11) is 0.286. The average Bonchev–Trinajstić information content (AvgIpc) is 2.15. The molecule has 96 valence electrons. The molecule has 0 aliphatic rings. The van der Waals surface area contributed by atoms with Gasteiger partial charge in [-0.2, -0.15) is 0 Å². The van der Waals surface area contributed by atoms with Crippen molar-refractivity contribution in [2.24, 2.45) is 0 Å². The number of hydrogen-bond donors (Lipinski definition) is 4. The van der Waals surface area contributed by atoms with Crippen LogP contribution in [0.15, 0.2) is 12.2 Å². The first-order valence-electron chi connectivity index (χ1n) is 5.01. The Morgan fingerprint density at radius 1 is 1.31 bits per heavy atom. The Morgan fingerprint density at radius 2 is 2.00 bits per heavy atom. The lowest BCUT2D eigenvalue weighted by Gasteiger charge is -2.03. The molecule has 16 heavy (non-hydrogen) atoms. The van der Waals surface area contributed by atoms with E-state index in [-0.39, 0.29) is 16.9 Å². The summed E-state index contributed by atoms with van der Waals surface area (Å²) in [5.41, 5.74) is 0. The lowest BCUT2D eigenvalue weighted by Crippen LogP contribution is -2.02. The van der Waals surface area contributed by atoms with E-state index in [0.29, 0.717) is 12.4 Å². The number of rotatable bonds is 7. The molecule has 0 spiro atoms.